The van der Waals surface area contributed by atoms with Crippen molar-refractivity contribution in [3.05, 3.63) is 35.9 Å². The minimum atomic E-state index is -3.68. The highest BCUT2D eigenvalue weighted by molar-refractivity contribution is 7.99. The van der Waals surface area contributed by atoms with Crippen molar-refractivity contribution in [1.82, 2.24) is 10.6 Å². The summed E-state index contributed by atoms with van der Waals surface area (Å²) in [7, 11) is -3.68. The van der Waals surface area contributed by atoms with E-state index in [9.17, 15) is 13.2 Å². The maximum Gasteiger partial charge on any atom is 0.238 e. The van der Waals surface area contributed by atoms with Crippen molar-refractivity contribution < 1.29 is 17.9 Å². The fourth-order valence-corrected chi connectivity index (χ4v) is 3.35. The van der Waals surface area contributed by atoms with Crippen LogP contribution in [0.15, 0.2) is 40.8 Å². The van der Waals surface area contributed by atoms with Crippen LogP contribution in [0.5, 0.6) is 5.75 Å². The molecular formula is C16H23N3O4S2. The maximum atomic E-state index is 11.8. The first-order valence-electron chi connectivity index (χ1n) is 7.94. The molecule has 138 valence electrons. The Morgan fingerprint density at radius 1 is 1.32 bits per heavy atom. The van der Waals surface area contributed by atoms with Crippen LogP contribution in [0.1, 0.15) is 6.42 Å². The minimum absolute atomic E-state index is 0.0157. The molecule has 1 aliphatic heterocycles. The van der Waals surface area contributed by atoms with Gasteiger partial charge in [0.1, 0.15) is 5.75 Å². The maximum absolute atomic E-state index is 11.8. The number of benzene rings is 1. The van der Waals surface area contributed by atoms with Gasteiger partial charge in [-0.15, -0.1) is 11.8 Å². The zero-order chi connectivity index (χ0) is 18.1. The number of rotatable bonds is 9. The zero-order valence-corrected chi connectivity index (χ0v) is 15.5. The van der Waals surface area contributed by atoms with Crippen LogP contribution in [-0.4, -0.2) is 52.1 Å². The lowest BCUT2D eigenvalue weighted by molar-refractivity contribution is -0.118. The Morgan fingerprint density at radius 2 is 2.08 bits per heavy atom. The number of carbonyl (C=O) groups excluding carboxylic acids is 1. The molecule has 4 N–H and O–H groups in total. The zero-order valence-electron chi connectivity index (χ0n) is 13.9. The molecule has 0 atom stereocenters. The lowest BCUT2D eigenvalue weighted by Crippen LogP contribution is -2.30. The van der Waals surface area contributed by atoms with Crippen molar-refractivity contribution in [1.29, 1.82) is 0 Å². The molecule has 7 nitrogen and oxygen atoms in total. The van der Waals surface area contributed by atoms with E-state index >= 15 is 0 Å². The van der Waals surface area contributed by atoms with Crippen LogP contribution in [0, 0.1) is 0 Å². The molecule has 0 bridgehead atoms. The molecule has 0 aliphatic carbocycles. The average Bonchev–Trinajstić information content (AvgIpc) is 2.60. The summed E-state index contributed by atoms with van der Waals surface area (Å²) in [5, 5.41) is 11.2. The Morgan fingerprint density at radius 3 is 2.72 bits per heavy atom. The molecule has 0 spiro atoms. The van der Waals surface area contributed by atoms with Gasteiger partial charge in [-0.25, -0.2) is 13.6 Å². The van der Waals surface area contributed by atoms with Gasteiger partial charge in [-0.1, -0.05) is 11.6 Å². The van der Waals surface area contributed by atoms with E-state index in [2.05, 4.69) is 16.7 Å². The van der Waals surface area contributed by atoms with Gasteiger partial charge < -0.3 is 15.4 Å². The molecular weight excluding hydrogens is 362 g/mol. The quantitative estimate of drug-likeness (QED) is 0.421. The molecule has 9 heteroatoms. The number of ether oxygens (including phenoxy) is 1. The van der Waals surface area contributed by atoms with Gasteiger partial charge in [0, 0.05) is 18.8 Å². The van der Waals surface area contributed by atoms with Gasteiger partial charge in [0.25, 0.3) is 0 Å². The van der Waals surface area contributed by atoms with Gasteiger partial charge >= 0.3 is 0 Å². The smallest absolute Gasteiger partial charge is 0.238 e. The van der Waals surface area contributed by atoms with Crippen molar-refractivity contribution >= 4 is 27.7 Å². The van der Waals surface area contributed by atoms with E-state index < -0.39 is 10.0 Å². The van der Waals surface area contributed by atoms with E-state index in [1.165, 1.54) is 29.5 Å². The number of carbonyl (C=O) groups is 1. The highest BCUT2D eigenvalue weighted by Crippen LogP contribution is 2.15. The summed E-state index contributed by atoms with van der Waals surface area (Å²) in [6, 6.07) is 5.93. The highest BCUT2D eigenvalue weighted by Gasteiger charge is 2.08. The first kappa shape index (κ1) is 19.8. The second kappa shape index (κ2) is 9.81. The number of thioether (sulfide) groups is 1. The average molecular weight is 386 g/mol. The predicted octanol–water partition coefficient (Wildman–Crippen LogP) is 0.482. The Bertz CT molecular complexity index is 703. The second-order valence-electron chi connectivity index (χ2n) is 5.51. The number of sulfonamides is 1. The van der Waals surface area contributed by atoms with Crippen LogP contribution in [0.3, 0.4) is 0 Å². The summed E-state index contributed by atoms with van der Waals surface area (Å²) in [4.78, 5) is 11.8. The van der Waals surface area contributed by atoms with Gasteiger partial charge in [0.2, 0.25) is 15.9 Å². The summed E-state index contributed by atoms with van der Waals surface area (Å²) in [5.41, 5.74) is 1.27. The van der Waals surface area contributed by atoms with Crippen LogP contribution >= 0.6 is 11.8 Å². The van der Waals surface area contributed by atoms with Crippen LogP contribution in [0.25, 0.3) is 0 Å². The number of amides is 1. The van der Waals surface area contributed by atoms with Crippen molar-refractivity contribution in [3.8, 4) is 5.75 Å². The Labute approximate surface area is 152 Å². The van der Waals surface area contributed by atoms with Crippen LogP contribution in [0.2, 0.25) is 0 Å². The molecule has 0 saturated heterocycles. The third-order valence-electron chi connectivity index (χ3n) is 3.55. The molecule has 1 amide bonds. The fraction of sp³-hybridized carbons (Fsp3) is 0.438. The van der Waals surface area contributed by atoms with E-state index in [-0.39, 0.29) is 10.8 Å². The fourth-order valence-electron chi connectivity index (χ4n) is 2.20. The number of hydrogen-bond donors (Lipinski definition) is 3. The van der Waals surface area contributed by atoms with E-state index in [4.69, 9.17) is 9.88 Å². The summed E-state index contributed by atoms with van der Waals surface area (Å²) < 4.78 is 27.8. The van der Waals surface area contributed by atoms with Gasteiger partial charge in [0.15, 0.2) is 0 Å². The van der Waals surface area contributed by atoms with Gasteiger partial charge in [0.05, 0.1) is 17.3 Å². The standard InChI is InChI=1S/C16H23N3O4S2/c17-25(21,22)15-3-1-14(2-4-15)23-9-10-24-12-16(20)19-11-13-5-7-18-8-6-13/h1-5,18H,6-12H2,(H,19,20)(H2,17,21,22). The third kappa shape index (κ3) is 7.47. The van der Waals surface area contributed by atoms with Gasteiger partial charge in [-0.2, -0.15) is 0 Å². The van der Waals surface area contributed by atoms with E-state index in [0.29, 0.717) is 30.4 Å². The Kier molecular flexibility index (Phi) is 7.76. The lowest BCUT2D eigenvalue weighted by atomic mass is 10.1. The van der Waals surface area contributed by atoms with Gasteiger partial charge in [-0.05, 0) is 37.2 Å². The monoisotopic (exact) mass is 385 g/mol. The highest BCUT2D eigenvalue weighted by atomic mass is 32.2. The predicted molar refractivity (Wildman–Crippen MR) is 99.2 cm³/mol. The molecule has 0 fully saturated rings. The Balaban J connectivity index is 1.58. The van der Waals surface area contributed by atoms with Crippen LogP contribution in [0.4, 0.5) is 0 Å². The first-order chi connectivity index (χ1) is 11.9. The van der Waals surface area contributed by atoms with E-state index in [1.807, 2.05) is 0 Å². The van der Waals surface area contributed by atoms with Crippen molar-refractivity contribution in [3.63, 3.8) is 0 Å². The molecule has 2 rings (SSSR count). The molecule has 0 aromatic heterocycles. The van der Waals surface area contributed by atoms with Gasteiger partial charge in [-0.3, -0.25) is 4.79 Å². The SMILES string of the molecule is NS(=O)(=O)c1ccc(OCCSCC(=O)NCC2=CCNCC2)cc1. The molecule has 0 saturated carbocycles. The first-order valence-corrected chi connectivity index (χ1v) is 10.6. The molecule has 0 unspecified atom stereocenters. The van der Waals surface area contributed by atoms with E-state index in [1.54, 1.807) is 12.1 Å². The third-order valence-corrected chi connectivity index (χ3v) is 5.40. The van der Waals surface area contributed by atoms with E-state index in [0.717, 1.165) is 19.5 Å². The topological polar surface area (TPSA) is 111 Å². The molecule has 1 aromatic carbocycles. The van der Waals surface area contributed by atoms with Crippen molar-refractivity contribution in [2.24, 2.45) is 5.14 Å². The number of hydrogen-bond acceptors (Lipinski definition) is 6. The van der Waals surface area contributed by atoms with Crippen LogP contribution in [-0.2, 0) is 14.8 Å². The summed E-state index contributed by atoms with van der Waals surface area (Å²) >= 11 is 1.49. The largest absolute Gasteiger partial charge is 0.493 e. The molecule has 25 heavy (non-hydrogen) atoms. The molecule has 0 radical (unpaired) electrons. The summed E-state index contributed by atoms with van der Waals surface area (Å²) in [5.74, 6) is 1.63. The van der Waals surface area contributed by atoms with Crippen molar-refractivity contribution in [2.75, 3.05) is 37.7 Å². The summed E-state index contributed by atoms with van der Waals surface area (Å²) in [6.45, 7) is 2.89. The molecule has 1 aromatic rings. The molecule has 1 aliphatic rings. The normalized spacial score (nSPS) is 14.7. The minimum Gasteiger partial charge on any atom is -0.493 e. The Hall–Kier alpha value is -1.55. The summed E-state index contributed by atoms with van der Waals surface area (Å²) in [6.07, 6.45) is 3.09. The number of primary sulfonamides is 1. The second-order valence-corrected chi connectivity index (χ2v) is 8.18. The van der Waals surface area contributed by atoms with Crippen molar-refractivity contribution in [2.45, 2.75) is 11.3 Å². The van der Waals surface area contributed by atoms with Crippen LogP contribution < -0.4 is 20.5 Å². The number of nitrogens with two attached hydrogens (primary N) is 1. The molecule has 1 heterocycles. The lowest BCUT2D eigenvalue weighted by Gasteiger charge is -2.14. The number of nitrogens with one attached hydrogen (secondary N) is 2.